The molecule has 2 amide bonds. The SMILES string of the molecule is C[C@@](Cc1c[nH]c2ccccc12)(NC(=O)Oc1cccc2[nH]ccc12)C(=O)NCC1(c2ccccn2)CCCCC1. The number of carbonyl (C=O) groups excluding carboxylic acids is 2. The summed E-state index contributed by atoms with van der Waals surface area (Å²) in [5.41, 5.74) is 2.26. The third-order valence-corrected chi connectivity index (χ3v) is 8.46. The summed E-state index contributed by atoms with van der Waals surface area (Å²) in [6, 6.07) is 21.3. The molecule has 5 aromatic rings. The quantitative estimate of drug-likeness (QED) is 0.186. The van der Waals surface area contributed by atoms with E-state index in [0.717, 1.165) is 58.7 Å². The fourth-order valence-corrected chi connectivity index (χ4v) is 6.21. The molecule has 0 spiro atoms. The first-order chi connectivity index (χ1) is 20.0. The number of rotatable bonds is 8. The van der Waals surface area contributed by atoms with Crippen molar-refractivity contribution in [1.82, 2.24) is 25.6 Å². The largest absolute Gasteiger partial charge is 0.413 e. The topological polar surface area (TPSA) is 112 Å². The standard InChI is InChI=1S/C33H35N5O3/c1-32(20-23-21-36-26-11-4-3-10-24(23)26,38-31(40)41-28-13-9-12-27-25(28)15-19-34-27)30(39)37-22-33(16-6-2-7-17-33)29-14-5-8-18-35-29/h3-5,8-15,18-19,21,34,36H,2,6-7,16-17,20,22H2,1H3,(H,37,39)(H,38,40)/t32-/m0/s1. The summed E-state index contributed by atoms with van der Waals surface area (Å²) in [7, 11) is 0. The maximum absolute atomic E-state index is 14.1. The first-order valence-corrected chi connectivity index (χ1v) is 14.3. The monoisotopic (exact) mass is 549 g/mol. The number of aromatic amines is 2. The van der Waals surface area contributed by atoms with Crippen molar-refractivity contribution in [2.24, 2.45) is 0 Å². The predicted octanol–water partition coefficient (Wildman–Crippen LogP) is 6.15. The van der Waals surface area contributed by atoms with Gasteiger partial charge in [-0.15, -0.1) is 0 Å². The molecule has 41 heavy (non-hydrogen) atoms. The van der Waals surface area contributed by atoms with Crippen LogP contribution in [-0.4, -0.2) is 39.0 Å². The number of hydrogen-bond acceptors (Lipinski definition) is 4. The lowest BCUT2D eigenvalue weighted by molar-refractivity contribution is -0.127. The summed E-state index contributed by atoms with van der Waals surface area (Å²) in [5.74, 6) is 0.160. The van der Waals surface area contributed by atoms with E-state index in [-0.39, 0.29) is 17.7 Å². The lowest BCUT2D eigenvalue weighted by Crippen LogP contribution is -2.60. The van der Waals surface area contributed by atoms with Crippen LogP contribution in [-0.2, 0) is 16.6 Å². The van der Waals surface area contributed by atoms with Gasteiger partial charge in [-0.3, -0.25) is 9.78 Å². The molecule has 0 aliphatic heterocycles. The molecule has 6 rings (SSSR count). The molecule has 8 heteroatoms. The Balaban J connectivity index is 1.27. The number of amides is 2. The van der Waals surface area contributed by atoms with Gasteiger partial charge >= 0.3 is 6.09 Å². The number of carbonyl (C=O) groups is 2. The Labute approximate surface area is 238 Å². The summed E-state index contributed by atoms with van der Waals surface area (Å²) in [4.78, 5) is 38.5. The summed E-state index contributed by atoms with van der Waals surface area (Å²) in [6.07, 6.45) is 10.4. The smallest absolute Gasteiger partial charge is 0.410 e. The Morgan fingerprint density at radius 3 is 2.54 bits per heavy atom. The Bertz CT molecular complexity index is 1670. The lowest BCUT2D eigenvalue weighted by atomic mass is 9.71. The number of benzene rings is 2. The summed E-state index contributed by atoms with van der Waals surface area (Å²) in [6.45, 7) is 2.21. The summed E-state index contributed by atoms with van der Waals surface area (Å²) in [5, 5.41) is 7.95. The van der Waals surface area contributed by atoms with Crippen LogP contribution in [0.25, 0.3) is 21.8 Å². The van der Waals surface area contributed by atoms with E-state index in [1.165, 1.54) is 6.42 Å². The van der Waals surface area contributed by atoms with E-state index < -0.39 is 11.6 Å². The molecule has 1 atom stereocenters. The van der Waals surface area contributed by atoms with Crippen molar-refractivity contribution in [2.75, 3.05) is 6.54 Å². The van der Waals surface area contributed by atoms with E-state index >= 15 is 0 Å². The number of para-hydroxylation sites is 1. The van der Waals surface area contributed by atoms with Crippen LogP contribution in [0.4, 0.5) is 4.79 Å². The molecule has 0 bridgehead atoms. The minimum atomic E-state index is -1.28. The van der Waals surface area contributed by atoms with Gasteiger partial charge in [0.2, 0.25) is 5.91 Å². The number of H-pyrrole nitrogens is 2. The Kier molecular flexibility index (Phi) is 7.22. The van der Waals surface area contributed by atoms with Crippen LogP contribution in [0, 0.1) is 0 Å². The molecule has 8 nitrogen and oxygen atoms in total. The van der Waals surface area contributed by atoms with Crippen LogP contribution in [0.5, 0.6) is 5.75 Å². The summed E-state index contributed by atoms with van der Waals surface area (Å²) >= 11 is 0. The van der Waals surface area contributed by atoms with E-state index in [1.54, 1.807) is 19.2 Å². The number of hydrogen-bond donors (Lipinski definition) is 4. The van der Waals surface area contributed by atoms with Crippen LogP contribution in [0.15, 0.2) is 85.3 Å². The van der Waals surface area contributed by atoms with E-state index in [9.17, 15) is 9.59 Å². The highest BCUT2D eigenvalue weighted by molar-refractivity contribution is 5.93. The molecular formula is C33H35N5O3. The molecule has 0 unspecified atom stereocenters. The van der Waals surface area contributed by atoms with Crippen LogP contribution in [0.2, 0.25) is 0 Å². The van der Waals surface area contributed by atoms with Gasteiger partial charge in [-0.25, -0.2) is 4.79 Å². The van der Waals surface area contributed by atoms with Gasteiger partial charge in [0.1, 0.15) is 11.3 Å². The second kappa shape index (κ2) is 11.1. The third-order valence-electron chi connectivity index (χ3n) is 8.46. The van der Waals surface area contributed by atoms with Gasteiger partial charge < -0.3 is 25.3 Å². The Hall–Kier alpha value is -4.59. The second-order valence-electron chi connectivity index (χ2n) is 11.3. The zero-order valence-corrected chi connectivity index (χ0v) is 23.2. The van der Waals surface area contributed by atoms with Crippen molar-refractivity contribution in [1.29, 1.82) is 0 Å². The van der Waals surface area contributed by atoms with Crippen LogP contribution >= 0.6 is 0 Å². The molecule has 3 heterocycles. The molecule has 1 aliphatic carbocycles. The zero-order valence-electron chi connectivity index (χ0n) is 23.2. The van der Waals surface area contributed by atoms with Crippen LogP contribution in [0.1, 0.15) is 50.3 Å². The van der Waals surface area contributed by atoms with Crippen molar-refractivity contribution in [3.63, 3.8) is 0 Å². The van der Waals surface area contributed by atoms with E-state index in [4.69, 9.17) is 4.74 Å². The molecule has 4 N–H and O–H groups in total. The third kappa shape index (κ3) is 5.42. The molecule has 3 aromatic heterocycles. The van der Waals surface area contributed by atoms with E-state index in [0.29, 0.717) is 12.3 Å². The maximum Gasteiger partial charge on any atom is 0.413 e. The van der Waals surface area contributed by atoms with Gasteiger partial charge in [-0.1, -0.05) is 49.6 Å². The molecule has 1 saturated carbocycles. The van der Waals surface area contributed by atoms with E-state index in [2.05, 4.69) is 31.7 Å². The van der Waals surface area contributed by atoms with Crippen molar-refractivity contribution in [3.8, 4) is 5.75 Å². The highest BCUT2D eigenvalue weighted by Crippen LogP contribution is 2.38. The van der Waals surface area contributed by atoms with Gasteiger partial charge in [0.25, 0.3) is 0 Å². The highest BCUT2D eigenvalue weighted by atomic mass is 16.6. The van der Waals surface area contributed by atoms with Gasteiger partial charge in [-0.05, 0) is 61.7 Å². The minimum absolute atomic E-state index is 0.235. The fourth-order valence-electron chi connectivity index (χ4n) is 6.21. The molecule has 210 valence electrons. The van der Waals surface area contributed by atoms with Gasteiger partial charge in [-0.2, -0.15) is 0 Å². The number of nitrogens with zero attached hydrogens (tertiary/aromatic N) is 1. The molecular weight excluding hydrogens is 514 g/mol. The zero-order chi connectivity index (χ0) is 28.3. The molecule has 0 radical (unpaired) electrons. The van der Waals surface area contributed by atoms with Crippen LogP contribution in [0.3, 0.4) is 0 Å². The number of nitrogens with one attached hydrogen (secondary N) is 4. The van der Waals surface area contributed by atoms with E-state index in [1.807, 2.05) is 67.0 Å². The van der Waals surface area contributed by atoms with Crippen molar-refractivity contribution in [3.05, 3.63) is 96.6 Å². The first kappa shape index (κ1) is 26.6. The maximum atomic E-state index is 14.1. The number of fused-ring (bicyclic) bond motifs is 2. The highest BCUT2D eigenvalue weighted by Gasteiger charge is 2.40. The lowest BCUT2D eigenvalue weighted by Gasteiger charge is -2.38. The average Bonchev–Trinajstić information content (AvgIpc) is 3.65. The van der Waals surface area contributed by atoms with Crippen LogP contribution < -0.4 is 15.4 Å². The first-order valence-electron chi connectivity index (χ1n) is 14.3. The number of aromatic nitrogens is 3. The normalized spacial score (nSPS) is 16.2. The number of ether oxygens (including phenoxy) is 1. The Morgan fingerprint density at radius 2 is 1.71 bits per heavy atom. The fraction of sp³-hybridized carbons (Fsp3) is 0.303. The van der Waals surface area contributed by atoms with Crippen molar-refractivity contribution in [2.45, 2.75) is 56.4 Å². The molecule has 1 fully saturated rings. The molecule has 0 saturated heterocycles. The van der Waals surface area contributed by atoms with Gasteiger partial charge in [0, 0.05) is 64.5 Å². The van der Waals surface area contributed by atoms with Gasteiger partial charge in [0.05, 0.1) is 0 Å². The van der Waals surface area contributed by atoms with Crippen molar-refractivity contribution < 1.29 is 14.3 Å². The van der Waals surface area contributed by atoms with Crippen molar-refractivity contribution >= 4 is 33.8 Å². The predicted molar refractivity (Wildman–Crippen MR) is 160 cm³/mol. The second-order valence-corrected chi connectivity index (χ2v) is 11.3. The van der Waals surface area contributed by atoms with Gasteiger partial charge in [0.15, 0.2) is 0 Å². The number of pyridine rings is 1. The molecule has 2 aromatic carbocycles. The average molecular weight is 550 g/mol. The summed E-state index contributed by atoms with van der Waals surface area (Å²) < 4.78 is 5.75. The minimum Gasteiger partial charge on any atom is -0.410 e. The Morgan fingerprint density at radius 1 is 0.927 bits per heavy atom. The molecule has 1 aliphatic rings.